The van der Waals surface area contributed by atoms with E-state index in [4.69, 9.17) is 0 Å². The topological polar surface area (TPSA) is 52.5 Å². The number of nitrogens with one attached hydrogen (secondary N) is 1. The van der Waals surface area contributed by atoms with Crippen molar-refractivity contribution in [1.29, 1.82) is 0 Å². The van der Waals surface area contributed by atoms with Crippen molar-refractivity contribution in [2.45, 2.75) is 39.2 Å². The zero-order chi connectivity index (χ0) is 11.7. The van der Waals surface area contributed by atoms with Gasteiger partial charge in [-0.15, -0.1) is 0 Å². The Hall–Kier alpha value is -1.22. The third-order valence-electron chi connectivity index (χ3n) is 3.57. The van der Waals surface area contributed by atoms with Crippen molar-refractivity contribution < 1.29 is 10.2 Å². The lowest BCUT2D eigenvalue weighted by Crippen LogP contribution is -2.27. The van der Waals surface area contributed by atoms with Crippen LogP contribution in [0.2, 0.25) is 0 Å². The smallest absolute Gasteiger partial charge is 0.160 e. The zero-order valence-electron chi connectivity index (χ0n) is 9.88. The summed E-state index contributed by atoms with van der Waals surface area (Å²) < 4.78 is 0. The van der Waals surface area contributed by atoms with E-state index < -0.39 is 0 Å². The number of phenolic OH excluding ortho intramolecular Hbond substituents is 2. The molecule has 2 rings (SSSR count). The van der Waals surface area contributed by atoms with Gasteiger partial charge in [0.05, 0.1) is 0 Å². The van der Waals surface area contributed by atoms with Gasteiger partial charge in [0.15, 0.2) is 11.5 Å². The van der Waals surface area contributed by atoms with Gasteiger partial charge in [-0.1, -0.05) is 6.42 Å². The molecule has 1 heterocycles. The first kappa shape index (κ1) is 11.3. The lowest BCUT2D eigenvalue weighted by molar-refractivity contribution is 0.389. The maximum atomic E-state index is 9.66. The summed E-state index contributed by atoms with van der Waals surface area (Å²) in [5.41, 5.74) is 2.98. The molecule has 0 radical (unpaired) electrons. The molecule has 3 heteroatoms. The van der Waals surface area contributed by atoms with E-state index in [1.165, 1.54) is 12.8 Å². The first-order chi connectivity index (χ1) is 7.61. The molecule has 3 N–H and O–H groups in total. The van der Waals surface area contributed by atoms with Gasteiger partial charge in [-0.3, -0.25) is 0 Å². The summed E-state index contributed by atoms with van der Waals surface area (Å²) in [6, 6.07) is 2.01. The minimum Gasteiger partial charge on any atom is -0.504 e. The van der Waals surface area contributed by atoms with E-state index in [0.717, 1.165) is 29.7 Å². The van der Waals surface area contributed by atoms with Gasteiger partial charge >= 0.3 is 0 Å². The molecule has 0 saturated carbocycles. The Morgan fingerprint density at radius 2 is 1.94 bits per heavy atom. The monoisotopic (exact) mass is 221 g/mol. The first-order valence-electron chi connectivity index (χ1n) is 5.86. The first-order valence-corrected chi connectivity index (χ1v) is 5.86. The van der Waals surface area contributed by atoms with Crippen molar-refractivity contribution in [1.82, 2.24) is 5.32 Å². The molecule has 1 aromatic carbocycles. The van der Waals surface area contributed by atoms with Crippen LogP contribution in [-0.2, 0) is 0 Å². The Morgan fingerprint density at radius 3 is 2.56 bits per heavy atom. The predicted octanol–water partition coefficient (Wildman–Crippen LogP) is 2.53. The Balaban J connectivity index is 2.40. The highest BCUT2D eigenvalue weighted by atomic mass is 16.3. The van der Waals surface area contributed by atoms with E-state index in [1.807, 2.05) is 13.8 Å². The van der Waals surface area contributed by atoms with Crippen molar-refractivity contribution in [3.05, 3.63) is 22.8 Å². The van der Waals surface area contributed by atoms with E-state index >= 15 is 0 Å². The highest BCUT2D eigenvalue weighted by molar-refractivity contribution is 5.52. The van der Waals surface area contributed by atoms with Gasteiger partial charge in [-0.2, -0.15) is 0 Å². The molecular weight excluding hydrogens is 202 g/mol. The highest BCUT2D eigenvalue weighted by Crippen LogP contribution is 2.37. The van der Waals surface area contributed by atoms with Crippen LogP contribution in [0.4, 0.5) is 0 Å². The van der Waals surface area contributed by atoms with Gasteiger partial charge in [-0.25, -0.2) is 0 Å². The van der Waals surface area contributed by atoms with Crippen LogP contribution in [0.3, 0.4) is 0 Å². The third kappa shape index (κ3) is 1.87. The molecule has 1 unspecified atom stereocenters. The minimum absolute atomic E-state index is 0.00882. The van der Waals surface area contributed by atoms with E-state index in [-0.39, 0.29) is 11.5 Å². The fourth-order valence-corrected chi connectivity index (χ4v) is 2.39. The fraction of sp³-hybridized carbons (Fsp3) is 0.538. The predicted molar refractivity (Wildman–Crippen MR) is 63.8 cm³/mol. The number of hydrogen-bond donors (Lipinski definition) is 3. The average Bonchev–Trinajstić information content (AvgIpc) is 2.32. The van der Waals surface area contributed by atoms with Crippen LogP contribution in [0.5, 0.6) is 11.5 Å². The van der Waals surface area contributed by atoms with E-state index in [2.05, 4.69) is 5.32 Å². The largest absolute Gasteiger partial charge is 0.504 e. The van der Waals surface area contributed by atoms with Crippen LogP contribution in [0.25, 0.3) is 0 Å². The standard InChI is InChI=1S/C13H19NO2/c1-8-9(2)13(16)12(15)7-10(8)11-5-3-4-6-14-11/h7,11,14-16H,3-6H2,1-2H3. The zero-order valence-corrected chi connectivity index (χ0v) is 9.88. The summed E-state index contributed by atoms with van der Waals surface area (Å²) in [6.45, 7) is 4.88. The highest BCUT2D eigenvalue weighted by Gasteiger charge is 2.20. The molecular formula is C13H19NO2. The third-order valence-corrected chi connectivity index (χ3v) is 3.57. The van der Waals surface area contributed by atoms with Crippen LogP contribution in [0, 0.1) is 13.8 Å². The maximum absolute atomic E-state index is 9.66. The summed E-state index contributed by atoms with van der Waals surface area (Å²) >= 11 is 0. The Morgan fingerprint density at radius 1 is 1.19 bits per heavy atom. The normalized spacial score (nSPS) is 21.0. The van der Waals surface area contributed by atoms with Crippen LogP contribution < -0.4 is 5.32 Å². The number of piperidine rings is 1. The Labute approximate surface area is 96.1 Å². The quantitative estimate of drug-likeness (QED) is 0.639. The lowest BCUT2D eigenvalue weighted by Gasteiger charge is -2.26. The molecule has 0 spiro atoms. The molecule has 0 bridgehead atoms. The minimum atomic E-state index is -0.00882. The van der Waals surface area contributed by atoms with Crippen LogP contribution in [-0.4, -0.2) is 16.8 Å². The van der Waals surface area contributed by atoms with Gasteiger partial charge in [0.25, 0.3) is 0 Å². The summed E-state index contributed by atoms with van der Waals surface area (Å²) in [6.07, 6.45) is 3.54. The average molecular weight is 221 g/mol. The van der Waals surface area contributed by atoms with Crippen LogP contribution in [0.15, 0.2) is 6.07 Å². The summed E-state index contributed by atoms with van der Waals surface area (Å²) in [4.78, 5) is 0. The van der Waals surface area contributed by atoms with Gasteiger partial charge in [-0.05, 0) is 56.0 Å². The summed E-state index contributed by atoms with van der Waals surface area (Å²) in [5, 5.41) is 22.8. The summed E-state index contributed by atoms with van der Waals surface area (Å²) in [5.74, 6) is 0.00235. The van der Waals surface area contributed by atoms with Gasteiger partial charge in [0, 0.05) is 6.04 Å². The number of phenols is 2. The van der Waals surface area contributed by atoms with Crippen LogP contribution in [0.1, 0.15) is 42.0 Å². The molecule has 1 saturated heterocycles. The van der Waals surface area contributed by atoms with Crippen molar-refractivity contribution in [2.24, 2.45) is 0 Å². The van der Waals surface area contributed by atoms with E-state index in [1.54, 1.807) is 6.07 Å². The molecule has 16 heavy (non-hydrogen) atoms. The molecule has 0 aromatic heterocycles. The Kier molecular flexibility index (Phi) is 3.06. The lowest BCUT2D eigenvalue weighted by atomic mass is 9.91. The van der Waals surface area contributed by atoms with Gasteiger partial charge in [0.1, 0.15) is 0 Å². The van der Waals surface area contributed by atoms with E-state index in [0.29, 0.717) is 6.04 Å². The fourth-order valence-electron chi connectivity index (χ4n) is 2.39. The molecule has 1 aliphatic heterocycles. The molecule has 1 fully saturated rings. The van der Waals surface area contributed by atoms with Crippen molar-refractivity contribution >= 4 is 0 Å². The molecule has 0 aliphatic carbocycles. The SMILES string of the molecule is Cc1c(C2CCCCN2)cc(O)c(O)c1C. The second-order valence-corrected chi connectivity index (χ2v) is 4.59. The molecule has 1 aromatic rings. The number of benzene rings is 1. The van der Waals surface area contributed by atoms with Gasteiger partial charge < -0.3 is 15.5 Å². The molecule has 1 atom stereocenters. The second kappa shape index (κ2) is 4.34. The van der Waals surface area contributed by atoms with Crippen molar-refractivity contribution in [3.63, 3.8) is 0 Å². The number of rotatable bonds is 1. The molecule has 1 aliphatic rings. The molecule has 3 nitrogen and oxygen atoms in total. The number of hydrogen-bond acceptors (Lipinski definition) is 3. The van der Waals surface area contributed by atoms with Crippen LogP contribution >= 0.6 is 0 Å². The number of aromatic hydroxyl groups is 2. The maximum Gasteiger partial charge on any atom is 0.160 e. The van der Waals surface area contributed by atoms with Crippen molar-refractivity contribution in [2.75, 3.05) is 6.54 Å². The van der Waals surface area contributed by atoms with Gasteiger partial charge in [0.2, 0.25) is 0 Å². The van der Waals surface area contributed by atoms with E-state index in [9.17, 15) is 10.2 Å². The van der Waals surface area contributed by atoms with Crippen molar-refractivity contribution in [3.8, 4) is 11.5 Å². The molecule has 0 amide bonds. The Bertz CT molecular complexity index is 395. The summed E-state index contributed by atoms with van der Waals surface area (Å²) in [7, 11) is 0. The second-order valence-electron chi connectivity index (χ2n) is 4.59. The molecule has 88 valence electrons.